The van der Waals surface area contributed by atoms with Crippen LogP contribution in [-0.2, 0) is 11.3 Å². The molecule has 0 saturated carbocycles. The second-order valence-electron chi connectivity index (χ2n) is 6.56. The van der Waals surface area contributed by atoms with Gasteiger partial charge in [0, 0.05) is 25.2 Å². The zero-order valence-corrected chi connectivity index (χ0v) is 15.5. The Kier molecular flexibility index (Phi) is 7.64. The average molecular weight is 339 g/mol. The number of hydrogen-bond donors (Lipinski definition) is 2. The number of nitrogens with zero attached hydrogens (tertiary/aromatic N) is 1. The highest BCUT2D eigenvalue weighted by molar-refractivity contribution is 5.88. The van der Waals surface area contributed by atoms with Gasteiger partial charge < -0.3 is 15.5 Å². The van der Waals surface area contributed by atoms with Gasteiger partial charge in [-0.3, -0.25) is 4.79 Å². The SMILES string of the molecule is CC(=O)Nc1cccc(C(C)NCCCN(C)Cc2ccccc2)c1. The topological polar surface area (TPSA) is 44.4 Å². The summed E-state index contributed by atoms with van der Waals surface area (Å²) in [5.74, 6) is -0.0424. The van der Waals surface area contributed by atoms with Crippen LogP contribution in [0.2, 0.25) is 0 Å². The van der Waals surface area contributed by atoms with Crippen molar-refractivity contribution in [1.29, 1.82) is 0 Å². The first-order valence-electron chi connectivity index (χ1n) is 8.88. The molecule has 0 saturated heterocycles. The zero-order chi connectivity index (χ0) is 18.1. The van der Waals surface area contributed by atoms with E-state index < -0.39 is 0 Å². The molecule has 0 heterocycles. The summed E-state index contributed by atoms with van der Waals surface area (Å²) >= 11 is 0. The van der Waals surface area contributed by atoms with Gasteiger partial charge in [-0.25, -0.2) is 0 Å². The lowest BCUT2D eigenvalue weighted by atomic mass is 10.1. The van der Waals surface area contributed by atoms with Gasteiger partial charge >= 0.3 is 0 Å². The number of benzene rings is 2. The number of anilines is 1. The summed E-state index contributed by atoms with van der Waals surface area (Å²) in [6.07, 6.45) is 1.10. The molecule has 0 aliphatic rings. The van der Waals surface area contributed by atoms with Gasteiger partial charge in [0.1, 0.15) is 0 Å². The van der Waals surface area contributed by atoms with Crippen molar-refractivity contribution in [2.75, 3.05) is 25.5 Å². The maximum Gasteiger partial charge on any atom is 0.221 e. The van der Waals surface area contributed by atoms with Gasteiger partial charge in [0.15, 0.2) is 0 Å². The van der Waals surface area contributed by atoms with Crippen LogP contribution in [0.5, 0.6) is 0 Å². The molecule has 4 nitrogen and oxygen atoms in total. The Balaban J connectivity index is 1.71. The molecule has 0 aromatic heterocycles. The minimum absolute atomic E-state index is 0.0424. The van der Waals surface area contributed by atoms with Gasteiger partial charge in [0.05, 0.1) is 0 Å². The standard InChI is InChI=1S/C21H29N3O/c1-17(20-11-7-12-21(15-20)23-18(2)25)22-13-8-14-24(3)16-19-9-5-4-6-10-19/h4-7,9-12,15,17,22H,8,13-14,16H2,1-3H3,(H,23,25). The summed E-state index contributed by atoms with van der Waals surface area (Å²) in [6, 6.07) is 18.8. The Labute approximate surface area is 151 Å². The normalized spacial score (nSPS) is 12.2. The van der Waals surface area contributed by atoms with Crippen LogP contribution >= 0.6 is 0 Å². The van der Waals surface area contributed by atoms with Gasteiger partial charge in [-0.15, -0.1) is 0 Å². The molecule has 2 aromatic carbocycles. The molecule has 25 heavy (non-hydrogen) atoms. The van der Waals surface area contributed by atoms with E-state index in [0.717, 1.165) is 31.7 Å². The van der Waals surface area contributed by atoms with Crippen molar-refractivity contribution in [3.63, 3.8) is 0 Å². The maximum absolute atomic E-state index is 11.2. The molecule has 0 bridgehead atoms. The van der Waals surface area contributed by atoms with Crippen LogP contribution in [0.15, 0.2) is 54.6 Å². The maximum atomic E-state index is 11.2. The van der Waals surface area contributed by atoms with Crippen LogP contribution in [-0.4, -0.2) is 30.9 Å². The Bertz CT molecular complexity index is 657. The van der Waals surface area contributed by atoms with Crippen LogP contribution in [0.1, 0.15) is 37.4 Å². The molecule has 1 unspecified atom stereocenters. The molecule has 0 radical (unpaired) electrons. The number of amides is 1. The molecule has 0 aliphatic carbocycles. The van der Waals surface area contributed by atoms with Gasteiger partial charge in [-0.2, -0.15) is 0 Å². The van der Waals surface area contributed by atoms with Gasteiger partial charge in [0.2, 0.25) is 5.91 Å². The average Bonchev–Trinajstić information content (AvgIpc) is 2.59. The highest BCUT2D eigenvalue weighted by atomic mass is 16.1. The summed E-state index contributed by atoms with van der Waals surface area (Å²) in [4.78, 5) is 13.5. The first-order chi connectivity index (χ1) is 12.0. The van der Waals surface area contributed by atoms with Crippen molar-refractivity contribution in [1.82, 2.24) is 10.2 Å². The molecule has 2 aromatic rings. The minimum atomic E-state index is -0.0424. The summed E-state index contributed by atoms with van der Waals surface area (Å²) in [5.41, 5.74) is 3.38. The summed E-state index contributed by atoms with van der Waals surface area (Å²) in [5, 5.41) is 6.39. The first kappa shape index (κ1) is 19.2. The molecule has 1 amide bonds. The van der Waals surface area contributed by atoms with Crippen molar-refractivity contribution in [2.45, 2.75) is 32.9 Å². The second kappa shape index (κ2) is 9.97. The lowest BCUT2D eigenvalue weighted by Crippen LogP contribution is -2.25. The van der Waals surface area contributed by atoms with Crippen molar-refractivity contribution in [3.05, 3.63) is 65.7 Å². The third-order valence-electron chi connectivity index (χ3n) is 4.17. The predicted octanol–water partition coefficient (Wildman–Crippen LogP) is 3.82. The first-order valence-corrected chi connectivity index (χ1v) is 8.88. The molecule has 1 atom stereocenters. The zero-order valence-electron chi connectivity index (χ0n) is 15.5. The lowest BCUT2D eigenvalue weighted by molar-refractivity contribution is -0.114. The third kappa shape index (κ3) is 7.08. The number of hydrogen-bond acceptors (Lipinski definition) is 3. The number of carbonyl (C=O) groups excluding carboxylic acids is 1. The summed E-state index contributed by atoms with van der Waals surface area (Å²) < 4.78 is 0. The largest absolute Gasteiger partial charge is 0.326 e. The number of rotatable bonds is 9. The summed E-state index contributed by atoms with van der Waals surface area (Å²) in [7, 11) is 2.16. The van der Waals surface area contributed by atoms with E-state index in [1.807, 2.05) is 18.2 Å². The number of carbonyl (C=O) groups is 1. The molecular weight excluding hydrogens is 310 g/mol. The van der Waals surface area contributed by atoms with E-state index in [1.165, 1.54) is 18.1 Å². The van der Waals surface area contributed by atoms with Crippen molar-refractivity contribution in [3.8, 4) is 0 Å². The molecule has 2 rings (SSSR count). The van der Waals surface area contributed by atoms with Gasteiger partial charge in [0.25, 0.3) is 0 Å². The van der Waals surface area contributed by atoms with Crippen LogP contribution in [0.25, 0.3) is 0 Å². The third-order valence-corrected chi connectivity index (χ3v) is 4.17. The van der Waals surface area contributed by atoms with Crippen molar-refractivity contribution >= 4 is 11.6 Å². The lowest BCUT2D eigenvalue weighted by Gasteiger charge is -2.19. The molecule has 0 aliphatic heterocycles. The molecule has 0 fully saturated rings. The fourth-order valence-corrected chi connectivity index (χ4v) is 2.85. The molecule has 134 valence electrons. The molecule has 2 N–H and O–H groups in total. The molecule has 4 heteroatoms. The van der Waals surface area contributed by atoms with Crippen LogP contribution in [0, 0.1) is 0 Å². The molecular formula is C21H29N3O. The van der Waals surface area contributed by atoms with Crippen molar-refractivity contribution in [2.24, 2.45) is 0 Å². The van der Waals surface area contributed by atoms with E-state index >= 15 is 0 Å². The van der Waals surface area contributed by atoms with Gasteiger partial charge in [-0.05, 0) is 56.7 Å². The fraction of sp³-hybridized carbons (Fsp3) is 0.381. The smallest absolute Gasteiger partial charge is 0.221 e. The Morgan fingerprint density at radius 1 is 1.12 bits per heavy atom. The summed E-state index contributed by atoms with van der Waals surface area (Å²) in [6.45, 7) is 6.68. The predicted molar refractivity (Wildman–Crippen MR) is 105 cm³/mol. The van der Waals surface area contributed by atoms with Crippen LogP contribution in [0.4, 0.5) is 5.69 Å². The Morgan fingerprint density at radius 2 is 1.88 bits per heavy atom. The monoisotopic (exact) mass is 339 g/mol. The highest BCUT2D eigenvalue weighted by Gasteiger charge is 2.06. The Morgan fingerprint density at radius 3 is 2.60 bits per heavy atom. The minimum Gasteiger partial charge on any atom is -0.326 e. The quantitative estimate of drug-likeness (QED) is 0.683. The van der Waals surface area contributed by atoms with E-state index in [2.05, 4.69) is 65.9 Å². The second-order valence-corrected chi connectivity index (χ2v) is 6.56. The van der Waals surface area contributed by atoms with Crippen molar-refractivity contribution < 1.29 is 4.79 Å². The molecule has 0 spiro atoms. The van der Waals surface area contributed by atoms with Gasteiger partial charge in [-0.1, -0.05) is 42.5 Å². The number of nitrogens with one attached hydrogen (secondary N) is 2. The fourth-order valence-electron chi connectivity index (χ4n) is 2.85. The van der Waals surface area contributed by atoms with E-state index in [0.29, 0.717) is 0 Å². The van der Waals surface area contributed by atoms with Crippen LogP contribution < -0.4 is 10.6 Å². The van der Waals surface area contributed by atoms with E-state index in [-0.39, 0.29) is 11.9 Å². The van der Waals surface area contributed by atoms with E-state index in [4.69, 9.17) is 0 Å². The van der Waals surface area contributed by atoms with Crippen LogP contribution in [0.3, 0.4) is 0 Å². The highest BCUT2D eigenvalue weighted by Crippen LogP contribution is 2.17. The Hall–Kier alpha value is -2.17. The van der Waals surface area contributed by atoms with E-state index in [9.17, 15) is 4.79 Å². The van der Waals surface area contributed by atoms with E-state index in [1.54, 1.807) is 0 Å².